The number of benzene rings is 1. The summed E-state index contributed by atoms with van der Waals surface area (Å²) < 4.78 is 38.0. The number of halogens is 3. The van der Waals surface area contributed by atoms with Crippen LogP contribution >= 0.6 is 0 Å². The molecule has 2 amide bonds. The van der Waals surface area contributed by atoms with Crippen molar-refractivity contribution in [2.45, 2.75) is 19.6 Å². The van der Waals surface area contributed by atoms with Crippen LogP contribution in [0.1, 0.15) is 28.5 Å². The molecule has 1 aromatic heterocycles. The zero-order valence-electron chi connectivity index (χ0n) is 12.6. The van der Waals surface area contributed by atoms with Crippen molar-refractivity contribution in [2.24, 2.45) is 0 Å². The molecule has 2 N–H and O–H groups in total. The first kappa shape index (κ1) is 17.5. The second-order valence-corrected chi connectivity index (χ2v) is 4.98. The lowest BCUT2D eigenvalue weighted by molar-refractivity contribution is -0.137. The van der Waals surface area contributed by atoms with Gasteiger partial charge in [-0.05, 0) is 30.3 Å². The standard InChI is InChI=1S/C16H14F3N3O2/c1-10(23)21-9-14-7-11(5-6-20-14)15(24)22-13-4-2-3-12(8-13)16(17,18)19/h2-8H,9H2,1H3,(H,21,23)(H,22,24). The van der Waals surface area contributed by atoms with E-state index in [1.165, 1.54) is 37.4 Å². The Kier molecular flexibility index (Phi) is 5.18. The Balaban J connectivity index is 2.12. The average molecular weight is 337 g/mol. The Morgan fingerprint density at radius 3 is 2.58 bits per heavy atom. The topological polar surface area (TPSA) is 71.1 Å². The maximum Gasteiger partial charge on any atom is 0.416 e. The summed E-state index contributed by atoms with van der Waals surface area (Å²) in [6.07, 6.45) is -3.10. The van der Waals surface area contributed by atoms with E-state index in [1.54, 1.807) is 0 Å². The molecule has 0 unspecified atom stereocenters. The molecule has 5 nitrogen and oxygen atoms in total. The number of carbonyl (C=O) groups is 2. The minimum absolute atomic E-state index is 0.0371. The van der Waals surface area contributed by atoms with Crippen molar-refractivity contribution in [1.29, 1.82) is 0 Å². The minimum Gasteiger partial charge on any atom is -0.351 e. The Labute approximate surface area is 135 Å². The maximum atomic E-state index is 12.7. The van der Waals surface area contributed by atoms with Crippen LogP contribution in [0.4, 0.5) is 18.9 Å². The highest BCUT2D eigenvalue weighted by atomic mass is 19.4. The highest BCUT2D eigenvalue weighted by Gasteiger charge is 2.30. The van der Waals surface area contributed by atoms with Gasteiger partial charge in [-0.25, -0.2) is 0 Å². The first-order valence-electron chi connectivity index (χ1n) is 6.93. The molecular formula is C16H14F3N3O2. The van der Waals surface area contributed by atoms with Crippen LogP contribution in [0.3, 0.4) is 0 Å². The second kappa shape index (κ2) is 7.12. The molecule has 0 fully saturated rings. The van der Waals surface area contributed by atoms with Crippen molar-refractivity contribution in [2.75, 3.05) is 5.32 Å². The van der Waals surface area contributed by atoms with Gasteiger partial charge < -0.3 is 10.6 Å². The van der Waals surface area contributed by atoms with Crippen LogP contribution in [0.25, 0.3) is 0 Å². The number of anilines is 1. The number of amides is 2. The van der Waals surface area contributed by atoms with Crippen molar-refractivity contribution in [3.8, 4) is 0 Å². The molecule has 0 saturated carbocycles. The van der Waals surface area contributed by atoms with Gasteiger partial charge in [-0.3, -0.25) is 14.6 Å². The molecule has 0 spiro atoms. The summed E-state index contributed by atoms with van der Waals surface area (Å²) in [5.74, 6) is -0.809. The molecule has 0 aliphatic heterocycles. The zero-order valence-corrected chi connectivity index (χ0v) is 12.6. The highest BCUT2D eigenvalue weighted by Crippen LogP contribution is 2.30. The molecular weight excluding hydrogens is 323 g/mol. The summed E-state index contributed by atoms with van der Waals surface area (Å²) >= 11 is 0. The summed E-state index contributed by atoms with van der Waals surface area (Å²) in [7, 11) is 0. The van der Waals surface area contributed by atoms with Crippen molar-refractivity contribution in [1.82, 2.24) is 10.3 Å². The van der Waals surface area contributed by atoms with Crippen LogP contribution in [0, 0.1) is 0 Å². The Hall–Kier alpha value is -2.90. The maximum absolute atomic E-state index is 12.7. The number of nitrogens with one attached hydrogen (secondary N) is 2. The molecule has 1 aromatic carbocycles. The molecule has 126 valence electrons. The van der Waals surface area contributed by atoms with E-state index in [4.69, 9.17) is 0 Å². The molecule has 2 aromatic rings. The summed E-state index contributed by atoms with van der Waals surface area (Å²) in [5.41, 5.74) is -0.124. The molecule has 0 atom stereocenters. The quantitative estimate of drug-likeness (QED) is 0.901. The van der Waals surface area contributed by atoms with Crippen LogP contribution in [0.2, 0.25) is 0 Å². The summed E-state index contributed by atoms with van der Waals surface area (Å²) in [5, 5.41) is 4.95. The van der Waals surface area contributed by atoms with Gasteiger partial charge in [0.1, 0.15) is 0 Å². The molecule has 1 heterocycles. The van der Waals surface area contributed by atoms with Crippen molar-refractivity contribution in [3.63, 3.8) is 0 Å². The molecule has 2 rings (SSSR count). The van der Waals surface area contributed by atoms with Crippen LogP contribution in [0.5, 0.6) is 0 Å². The molecule has 0 saturated heterocycles. The SMILES string of the molecule is CC(=O)NCc1cc(C(=O)Nc2cccc(C(F)(F)F)c2)ccn1. The van der Waals surface area contributed by atoms with Gasteiger partial charge in [0, 0.05) is 24.4 Å². The number of hydrogen-bond donors (Lipinski definition) is 2. The van der Waals surface area contributed by atoms with Crippen LogP contribution in [-0.4, -0.2) is 16.8 Å². The predicted molar refractivity (Wildman–Crippen MR) is 81.2 cm³/mol. The largest absolute Gasteiger partial charge is 0.416 e. The van der Waals surface area contributed by atoms with Gasteiger partial charge in [-0.2, -0.15) is 13.2 Å². The number of nitrogens with zero attached hydrogens (tertiary/aromatic N) is 1. The third kappa shape index (κ3) is 4.80. The van der Waals surface area contributed by atoms with E-state index >= 15 is 0 Å². The predicted octanol–water partition coefficient (Wildman–Crippen LogP) is 2.99. The van der Waals surface area contributed by atoms with Crippen LogP contribution < -0.4 is 10.6 Å². The van der Waals surface area contributed by atoms with E-state index < -0.39 is 17.6 Å². The highest BCUT2D eigenvalue weighted by molar-refractivity contribution is 6.04. The molecule has 0 aliphatic carbocycles. The van der Waals surface area contributed by atoms with Gasteiger partial charge >= 0.3 is 6.18 Å². The second-order valence-electron chi connectivity index (χ2n) is 4.98. The Bertz CT molecular complexity index is 760. The molecule has 0 radical (unpaired) electrons. The number of aromatic nitrogens is 1. The molecule has 8 heteroatoms. The van der Waals surface area contributed by atoms with Gasteiger partial charge in [0.15, 0.2) is 0 Å². The van der Waals surface area contributed by atoms with Gasteiger partial charge in [0.2, 0.25) is 5.91 Å². The van der Waals surface area contributed by atoms with Gasteiger partial charge in [-0.15, -0.1) is 0 Å². The zero-order chi connectivity index (χ0) is 17.7. The van der Waals surface area contributed by atoms with Crippen molar-refractivity contribution < 1.29 is 22.8 Å². The van der Waals surface area contributed by atoms with Gasteiger partial charge in [0.05, 0.1) is 17.8 Å². The lowest BCUT2D eigenvalue weighted by Gasteiger charge is -2.10. The number of alkyl halides is 3. The lowest BCUT2D eigenvalue weighted by Crippen LogP contribution is -2.20. The first-order valence-corrected chi connectivity index (χ1v) is 6.93. The number of rotatable bonds is 4. The minimum atomic E-state index is -4.48. The Morgan fingerprint density at radius 1 is 1.17 bits per heavy atom. The molecule has 0 aliphatic rings. The first-order chi connectivity index (χ1) is 11.3. The monoisotopic (exact) mass is 337 g/mol. The van der Waals surface area contributed by atoms with Crippen LogP contribution in [0.15, 0.2) is 42.6 Å². The van der Waals surface area contributed by atoms with Crippen molar-refractivity contribution in [3.05, 3.63) is 59.4 Å². The lowest BCUT2D eigenvalue weighted by atomic mass is 10.1. The third-order valence-electron chi connectivity index (χ3n) is 3.04. The number of carbonyl (C=O) groups excluding carboxylic acids is 2. The number of hydrogen-bond acceptors (Lipinski definition) is 3. The fourth-order valence-electron chi connectivity index (χ4n) is 1.91. The van der Waals surface area contributed by atoms with E-state index in [0.717, 1.165) is 12.1 Å². The van der Waals surface area contributed by atoms with Crippen LogP contribution in [-0.2, 0) is 17.5 Å². The van der Waals surface area contributed by atoms with E-state index in [1.807, 2.05) is 0 Å². The van der Waals surface area contributed by atoms with E-state index in [2.05, 4.69) is 15.6 Å². The number of pyridine rings is 1. The third-order valence-corrected chi connectivity index (χ3v) is 3.04. The van der Waals surface area contributed by atoms with Gasteiger partial charge in [-0.1, -0.05) is 6.07 Å². The summed E-state index contributed by atoms with van der Waals surface area (Å²) in [4.78, 5) is 27.0. The fraction of sp³-hybridized carbons (Fsp3) is 0.188. The fourth-order valence-corrected chi connectivity index (χ4v) is 1.91. The normalized spacial score (nSPS) is 11.0. The molecule has 24 heavy (non-hydrogen) atoms. The van der Waals surface area contributed by atoms with E-state index in [0.29, 0.717) is 5.69 Å². The summed E-state index contributed by atoms with van der Waals surface area (Å²) in [6, 6.07) is 7.25. The molecule has 0 bridgehead atoms. The smallest absolute Gasteiger partial charge is 0.351 e. The van der Waals surface area contributed by atoms with E-state index in [-0.39, 0.29) is 23.7 Å². The summed E-state index contributed by atoms with van der Waals surface area (Å²) in [6.45, 7) is 1.50. The van der Waals surface area contributed by atoms with E-state index in [9.17, 15) is 22.8 Å². The van der Waals surface area contributed by atoms with Gasteiger partial charge in [0.25, 0.3) is 5.91 Å². The Morgan fingerprint density at radius 2 is 1.92 bits per heavy atom. The van der Waals surface area contributed by atoms with Crippen molar-refractivity contribution >= 4 is 17.5 Å². The average Bonchev–Trinajstić information content (AvgIpc) is 2.52.